The number of carbonyl (C=O) groups excluding carboxylic acids is 1. The lowest BCUT2D eigenvalue weighted by atomic mass is 9.94. The van der Waals surface area contributed by atoms with Gasteiger partial charge in [0.15, 0.2) is 0 Å². The Morgan fingerprint density at radius 1 is 1.19 bits per heavy atom. The fourth-order valence-electron chi connectivity index (χ4n) is 2.21. The first-order valence-corrected chi connectivity index (χ1v) is 6.33. The van der Waals surface area contributed by atoms with Crippen molar-refractivity contribution < 1.29 is 4.79 Å². The predicted molar refractivity (Wildman–Crippen MR) is 66.1 cm³/mol. The highest BCUT2D eigenvalue weighted by atomic mass is 16.2. The molecule has 2 atom stereocenters. The van der Waals surface area contributed by atoms with Gasteiger partial charge in [-0.25, -0.2) is 0 Å². The molecule has 0 aromatic rings. The normalized spacial score (nSPS) is 21.9. The number of nitrogens with zero attached hydrogens (tertiary/aromatic N) is 2. The van der Waals surface area contributed by atoms with Crippen LogP contribution in [0.3, 0.4) is 0 Å². The number of carbonyl (C=O) groups is 1. The molecule has 0 bridgehead atoms. The zero-order chi connectivity index (χ0) is 12.1. The molecule has 0 radical (unpaired) electrons. The fraction of sp³-hybridized carbons (Fsp3) is 0.917. The summed E-state index contributed by atoms with van der Waals surface area (Å²) in [5.74, 6) is 0.262. The molecule has 0 aromatic heterocycles. The van der Waals surface area contributed by atoms with E-state index in [-0.39, 0.29) is 17.9 Å². The molecule has 1 saturated heterocycles. The van der Waals surface area contributed by atoms with E-state index in [9.17, 15) is 4.79 Å². The van der Waals surface area contributed by atoms with E-state index in [1.165, 1.54) is 0 Å². The van der Waals surface area contributed by atoms with Gasteiger partial charge in [0.05, 0.1) is 5.92 Å². The van der Waals surface area contributed by atoms with Crippen LogP contribution in [-0.4, -0.2) is 55.0 Å². The minimum Gasteiger partial charge on any atom is -0.340 e. The minimum absolute atomic E-state index is 0.00778. The second-order valence-corrected chi connectivity index (χ2v) is 4.72. The molecule has 4 nitrogen and oxygen atoms in total. The van der Waals surface area contributed by atoms with Crippen molar-refractivity contribution >= 4 is 5.91 Å². The van der Waals surface area contributed by atoms with Gasteiger partial charge in [-0.3, -0.25) is 4.79 Å². The van der Waals surface area contributed by atoms with Crippen molar-refractivity contribution in [1.29, 1.82) is 0 Å². The number of hydrogen-bond donors (Lipinski definition) is 1. The van der Waals surface area contributed by atoms with Crippen LogP contribution in [0.5, 0.6) is 0 Å². The monoisotopic (exact) mass is 227 g/mol. The molecule has 0 saturated carbocycles. The lowest BCUT2D eigenvalue weighted by molar-refractivity contribution is -0.138. The van der Waals surface area contributed by atoms with Crippen LogP contribution in [0.15, 0.2) is 0 Å². The predicted octanol–water partition coefficient (Wildman–Crippen LogP) is 0.524. The highest BCUT2D eigenvalue weighted by molar-refractivity contribution is 5.79. The van der Waals surface area contributed by atoms with Crippen molar-refractivity contribution in [2.45, 2.75) is 32.7 Å². The van der Waals surface area contributed by atoms with Crippen molar-refractivity contribution in [2.75, 3.05) is 33.2 Å². The van der Waals surface area contributed by atoms with Gasteiger partial charge in [0, 0.05) is 32.2 Å². The van der Waals surface area contributed by atoms with Crippen molar-refractivity contribution in [2.24, 2.45) is 11.7 Å². The smallest absolute Gasteiger partial charge is 0.227 e. The molecule has 2 unspecified atom stereocenters. The Balaban J connectivity index is 2.54. The maximum Gasteiger partial charge on any atom is 0.227 e. The van der Waals surface area contributed by atoms with E-state index >= 15 is 0 Å². The van der Waals surface area contributed by atoms with Gasteiger partial charge in [-0.05, 0) is 19.9 Å². The molecule has 94 valence electrons. The number of nitrogens with two attached hydrogens (primary N) is 1. The second kappa shape index (κ2) is 6.21. The Bertz CT molecular complexity index is 224. The van der Waals surface area contributed by atoms with E-state index in [1.54, 1.807) is 0 Å². The van der Waals surface area contributed by atoms with Crippen molar-refractivity contribution in [1.82, 2.24) is 9.80 Å². The minimum atomic E-state index is 0.00778. The lowest BCUT2D eigenvalue weighted by Crippen LogP contribution is -2.51. The van der Waals surface area contributed by atoms with Crippen LogP contribution < -0.4 is 5.73 Å². The van der Waals surface area contributed by atoms with Crippen LogP contribution in [0.25, 0.3) is 0 Å². The maximum atomic E-state index is 12.3. The largest absolute Gasteiger partial charge is 0.340 e. The topological polar surface area (TPSA) is 49.6 Å². The Morgan fingerprint density at radius 2 is 1.75 bits per heavy atom. The van der Waals surface area contributed by atoms with Crippen LogP contribution in [0, 0.1) is 5.92 Å². The van der Waals surface area contributed by atoms with E-state index in [1.807, 2.05) is 18.7 Å². The SMILES string of the molecule is CCC(N)C(CC)C(=O)N1CCN(C)CC1. The van der Waals surface area contributed by atoms with Crippen molar-refractivity contribution in [3.05, 3.63) is 0 Å². The van der Waals surface area contributed by atoms with Crippen LogP contribution in [0.1, 0.15) is 26.7 Å². The molecule has 2 N–H and O–H groups in total. The zero-order valence-electron chi connectivity index (χ0n) is 10.8. The maximum absolute atomic E-state index is 12.3. The quantitative estimate of drug-likeness (QED) is 0.762. The molecular formula is C12H25N3O. The number of rotatable bonds is 4. The first-order chi connectivity index (χ1) is 7.60. The summed E-state index contributed by atoms with van der Waals surface area (Å²) >= 11 is 0. The molecule has 0 aromatic carbocycles. The van der Waals surface area contributed by atoms with Gasteiger partial charge in [0.25, 0.3) is 0 Å². The average molecular weight is 227 g/mol. The molecule has 1 rings (SSSR count). The number of piperazine rings is 1. The molecule has 16 heavy (non-hydrogen) atoms. The van der Waals surface area contributed by atoms with Crippen LogP contribution in [-0.2, 0) is 4.79 Å². The van der Waals surface area contributed by atoms with E-state index in [2.05, 4.69) is 11.9 Å². The fourth-order valence-corrected chi connectivity index (χ4v) is 2.21. The summed E-state index contributed by atoms with van der Waals surface area (Å²) in [6, 6.07) is 0.0113. The second-order valence-electron chi connectivity index (χ2n) is 4.72. The van der Waals surface area contributed by atoms with Gasteiger partial charge < -0.3 is 15.5 Å². The highest BCUT2D eigenvalue weighted by Crippen LogP contribution is 2.15. The first kappa shape index (κ1) is 13.5. The molecule has 1 heterocycles. The molecule has 1 fully saturated rings. The van der Waals surface area contributed by atoms with Crippen molar-refractivity contribution in [3.8, 4) is 0 Å². The zero-order valence-corrected chi connectivity index (χ0v) is 10.8. The van der Waals surface area contributed by atoms with E-state index in [0.29, 0.717) is 0 Å². The van der Waals surface area contributed by atoms with Gasteiger partial charge in [-0.2, -0.15) is 0 Å². The third-order valence-electron chi connectivity index (χ3n) is 3.56. The van der Waals surface area contributed by atoms with Gasteiger partial charge >= 0.3 is 0 Å². The Morgan fingerprint density at radius 3 is 2.19 bits per heavy atom. The Labute approximate surface area is 98.8 Å². The van der Waals surface area contributed by atoms with E-state index < -0.39 is 0 Å². The Hall–Kier alpha value is -0.610. The lowest BCUT2D eigenvalue weighted by Gasteiger charge is -2.35. The van der Waals surface area contributed by atoms with Crippen molar-refractivity contribution in [3.63, 3.8) is 0 Å². The standard InChI is InChI=1S/C12H25N3O/c1-4-10(11(13)5-2)12(16)15-8-6-14(3)7-9-15/h10-11H,4-9,13H2,1-3H3. The molecule has 0 aliphatic carbocycles. The molecule has 1 amide bonds. The molecule has 4 heteroatoms. The highest BCUT2D eigenvalue weighted by Gasteiger charge is 2.28. The summed E-state index contributed by atoms with van der Waals surface area (Å²) in [4.78, 5) is 16.5. The number of likely N-dealkylation sites (N-methyl/N-ethyl adjacent to an activating group) is 1. The van der Waals surface area contributed by atoms with E-state index in [4.69, 9.17) is 5.73 Å². The molecule has 0 spiro atoms. The number of hydrogen-bond acceptors (Lipinski definition) is 3. The third-order valence-corrected chi connectivity index (χ3v) is 3.56. The first-order valence-electron chi connectivity index (χ1n) is 6.33. The molecule has 1 aliphatic heterocycles. The average Bonchev–Trinajstić information content (AvgIpc) is 2.30. The summed E-state index contributed by atoms with van der Waals surface area (Å²) in [6.07, 6.45) is 1.72. The van der Waals surface area contributed by atoms with Gasteiger partial charge in [0.1, 0.15) is 0 Å². The van der Waals surface area contributed by atoms with Crippen LogP contribution in [0.4, 0.5) is 0 Å². The van der Waals surface area contributed by atoms with E-state index in [0.717, 1.165) is 39.0 Å². The van der Waals surface area contributed by atoms with Crippen LogP contribution >= 0.6 is 0 Å². The summed E-state index contributed by atoms with van der Waals surface area (Å²) in [7, 11) is 2.09. The van der Waals surface area contributed by atoms with Crippen LogP contribution in [0.2, 0.25) is 0 Å². The number of amides is 1. The Kier molecular flexibility index (Phi) is 5.22. The summed E-state index contributed by atoms with van der Waals surface area (Å²) in [5, 5.41) is 0. The van der Waals surface area contributed by atoms with Gasteiger partial charge in [0.2, 0.25) is 5.91 Å². The van der Waals surface area contributed by atoms with Gasteiger partial charge in [-0.1, -0.05) is 13.8 Å². The molecule has 1 aliphatic rings. The molecular weight excluding hydrogens is 202 g/mol. The summed E-state index contributed by atoms with van der Waals surface area (Å²) < 4.78 is 0. The third kappa shape index (κ3) is 3.19. The van der Waals surface area contributed by atoms with Gasteiger partial charge in [-0.15, -0.1) is 0 Å². The summed E-state index contributed by atoms with van der Waals surface area (Å²) in [5.41, 5.74) is 6.00. The summed E-state index contributed by atoms with van der Waals surface area (Å²) in [6.45, 7) is 7.75.